The predicted molar refractivity (Wildman–Crippen MR) is 150 cm³/mol. The number of Topliss-reactive ketones (excluding diaryl/α,β-unsaturated/α-hetero) is 1. The van der Waals surface area contributed by atoms with Crippen molar-refractivity contribution in [3.05, 3.63) is 0 Å². The van der Waals surface area contributed by atoms with Gasteiger partial charge in [0.25, 0.3) is 0 Å². The Morgan fingerprint density at radius 3 is 1.60 bits per heavy atom. The molecular weight excluding hydrogens is 520 g/mol. The molecule has 0 bridgehead atoms. The molecule has 0 amide bonds. The summed E-state index contributed by atoms with van der Waals surface area (Å²) in [5.41, 5.74) is -1.86. The fraction of sp³-hybridized carbons (Fsp3) is 0.967. The van der Waals surface area contributed by atoms with Crippen LogP contribution < -0.4 is 0 Å². The van der Waals surface area contributed by atoms with E-state index < -0.39 is 53.8 Å². The van der Waals surface area contributed by atoms with E-state index in [0.29, 0.717) is 26.1 Å². The summed E-state index contributed by atoms with van der Waals surface area (Å²) >= 11 is 0. The molecule has 0 aliphatic carbocycles. The van der Waals surface area contributed by atoms with Gasteiger partial charge >= 0.3 is 0 Å². The van der Waals surface area contributed by atoms with Gasteiger partial charge in [0.05, 0.1) is 55.4 Å². The summed E-state index contributed by atoms with van der Waals surface area (Å²) < 4.78 is 35.2. The normalized spacial score (nSPS) is 28.7. The molecule has 2 heterocycles. The second kappa shape index (κ2) is 14.2. The van der Waals surface area contributed by atoms with E-state index in [-0.39, 0.29) is 36.3 Å². The van der Waals surface area contributed by atoms with Crippen LogP contribution in [-0.4, -0.2) is 100 Å². The highest BCUT2D eigenvalue weighted by Crippen LogP contribution is 2.33. The van der Waals surface area contributed by atoms with Gasteiger partial charge in [-0.2, -0.15) is 0 Å². The van der Waals surface area contributed by atoms with Crippen molar-refractivity contribution < 1.29 is 48.5 Å². The van der Waals surface area contributed by atoms with E-state index in [2.05, 4.69) is 0 Å². The van der Waals surface area contributed by atoms with Crippen molar-refractivity contribution in [2.75, 3.05) is 13.2 Å². The molecule has 10 heteroatoms. The Morgan fingerprint density at radius 2 is 1.23 bits per heavy atom. The highest BCUT2D eigenvalue weighted by molar-refractivity contribution is 5.84. The Bertz CT molecular complexity index is 795. The maximum absolute atomic E-state index is 13.4. The number of ether oxygens (including phenoxy) is 6. The molecule has 236 valence electrons. The second-order valence-electron chi connectivity index (χ2n) is 13.5. The van der Waals surface area contributed by atoms with Crippen LogP contribution in [0.1, 0.15) is 95.4 Å². The number of hydrogen-bond acceptors (Lipinski definition) is 10. The molecule has 40 heavy (non-hydrogen) atoms. The lowest BCUT2D eigenvalue weighted by Gasteiger charge is -2.39. The molecule has 2 aliphatic heterocycles. The first-order valence-corrected chi connectivity index (χ1v) is 14.8. The van der Waals surface area contributed by atoms with Crippen LogP contribution in [0.4, 0.5) is 0 Å². The van der Waals surface area contributed by atoms with Gasteiger partial charge < -0.3 is 43.7 Å². The molecule has 2 fully saturated rings. The van der Waals surface area contributed by atoms with Crippen LogP contribution in [0, 0.1) is 11.8 Å². The first-order chi connectivity index (χ1) is 18.2. The van der Waals surface area contributed by atoms with Crippen LogP contribution in [-0.2, 0) is 33.2 Å². The van der Waals surface area contributed by atoms with E-state index in [0.717, 1.165) is 0 Å². The van der Waals surface area contributed by atoms with Crippen molar-refractivity contribution in [2.45, 2.75) is 161 Å². The lowest BCUT2D eigenvalue weighted by atomic mass is 9.81. The van der Waals surface area contributed by atoms with Crippen LogP contribution in [0.3, 0.4) is 0 Å². The van der Waals surface area contributed by atoms with E-state index in [1.54, 1.807) is 0 Å². The van der Waals surface area contributed by atoms with Crippen molar-refractivity contribution in [2.24, 2.45) is 11.8 Å². The summed E-state index contributed by atoms with van der Waals surface area (Å²) in [7, 11) is 0. The quantitative estimate of drug-likeness (QED) is 0.251. The van der Waals surface area contributed by atoms with Crippen molar-refractivity contribution >= 4 is 5.78 Å². The zero-order valence-electron chi connectivity index (χ0n) is 26.5. The van der Waals surface area contributed by atoms with E-state index in [1.807, 2.05) is 69.2 Å². The Labute approximate surface area is 241 Å². The van der Waals surface area contributed by atoms with Crippen molar-refractivity contribution in [1.29, 1.82) is 0 Å². The summed E-state index contributed by atoms with van der Waals surface area (Å²) in [6.07, 6.45) is -4.76. The first kappa shape index (κ1) is 35.5. The topological polar surface area (TPSA) is 133 Å². The first-order valence-electron chi connectivity index (χ1n) is 14.8. The van der Waals surface area contributed by atoms with Gasteiger partial charge in [-0.25, -0.2) is 0 Å². The van der Waals surface area contributed by atoms with Crippen molar-refractivity contribution in [3.8, 4) is 0 Å². The van der Waals surface area contributed by atoms with E-state index in [4.69, 9.17) is 28.4 Å². The minimum absolute atomic E-state index is 0.181. The molecule has 0 aromatic carbocycles. The Hall–Kier alpha value is -0.690. The molecule has 3 N–H and O–H groups in total. The average Bonchev–Trinajstić information content (AvgIpc) is 3.33. The van der Waals surface area contributed by atoms with Crippen LogP contribution in [0.15, 0.2) is 0 Å². The van der Waals surface area contributed by atoms with Gasteiger partial charge in [0.15, 0.2) is 17.4 Å². The average molecular weight is 577 g/mol. The van der Waals surface area contributed by atoms with Crippen LogP contribution in [0.25, 0.3) is 0 Å². The SMILES string of the molecule is CC(C)O[C@H]([C@@H](C)C[C@H]1COC(C)(C)O1)[C@H](O)C(C)(O)CC(=O)[C@@H](O)[C@H](OC(C)C)[C@@H](C)C[C@H]1COC(C)(C)O1. The van der Waals surface area contributed by atoms with Gasteiger partial charge in [-0.05, 0) is 87.0 Å². The summed E-state index contributed by atoms with van der Waals surface area (Å²) in [5.74, 6) is -2.43. The molecule has 0 radical (unpaired) electrons. The predicted octanol–water partition coefficient (Wildman–Crippen LogP) is 3.36. The summed E-state index contributed by atoms with van der Waals surface area (Å²) in [6, 6.07) is 0. The molecule has 2 saturated heterocycles. The zero-order chi connectivity index (χ0) is 30.6. The summed E-state index contributed by atoms with van der Waals surface area (Å²) in [6.45, 7) is 20.8. The molecule has 2 aliphatic rings. The van der Waals surface area contributed by atoms with E-state index >= 15 is 0 Å². The van der Waals surface area contributed by atoms with Gasteiger partial charge in [0, 0.05) is 6.42 Å². The third kappa shape index (κ3) is 10.5. The number of hydrogen-bond donors (Lipinski definition) is 3. The van der Waals surface area contributed by atoms with Gasteiger partial charge in [-0.1, -0.05) is 13.8 Å². The minimum Gasteiger partial charge on any atom is -0.387 e. The molecule has 9 atom stereocenters. The molecule has 0 spiro atoms. The monoisotopic (exact) mass is 576 g/mol. The molecule has 0 aromatic heterocycles. The number of carbonyl (C=O) groups is 1. The Balaban J connectivity index is 2.11. The zero-order valence-corrected chi connectivity index (χ0v) is 26.5. The smallest absolute Gasteiger partial charge is 0.166 e. The maximum Gasteiger partial charge on any atom is 0.166 e. The molecule has 10 nitrogen and oxygen atoms in total. The van der Waals surface area contributed by atoms with Gasteiger partial charge in [0.2, 0.25) is 0 Å². The number of aliphatic hydroxyl groups excluding tert-OH is 2. The van der Waals surface area contributed by atoms with Crippen LogP contribution in [0.2, 0.25) is 0 Å². The molecule has 0 aromatic rings. The highest BCUT2D eigenvalue weighted by atomic mass is 16.7. The van der Waals surface area contributed by atoms with E-state index in [9.17, 15) is 20.1 Å². The number of ketones is 1. The fourth-order valence-corrected chi connectivity index (χ4v) is 5.62. The largest absolute Gasteiger partial charge is 0.387 e. The Kier molecular flexibility index (Phi) is 12.6. The van der Waals surface area contributed by atoms with E-state index in [1.165, 1.54) is 6.92 Å². The minimum atomic E-state index is -1.86. The number of carbonyl (C=O) groups excluding carboxylic acids is 1. The molecule has 1 unspecified atom stereocenters. The van der Waals surface area contributed by atoms with Gasteiger partial charge in [-0.3, -0.25) is 4.79 Å². The molecular formula is C30H56O10. The van der Waals surface area contributed by atoms with Crippen molar-refractivity contribution in [1.82, 2.24) is 0 Å². The van der Waals surface area contributed by atoms with Crippen LogP contribution >= 0.6 is 0 Å². The number of aliphatic hydroxyl groups is 3. The highest BCUT2D eigenvalue weighted by Gasteiger charge is 2.45. The summed E-state index contributed by atoms with van der Waals surface area (Å²) in [4.78, 5) is 13.4. The molecule has 2 rings (SSSR count). The third-order valence-electron chi connectivity index (χ3n) is 7.51. The van der Waals surface area contributed by atoms with Crippen LogP contribution in [0.5, 0.6) is 0 Å². The van der Waals surface area contributed by atoms with Crippen molar-refractivity contribution in [3.63, 3.8) is 0 Å². The van der Waals surface area contributed by atoms with Gasteiger partial charge in [0.1, 0.15) is 12.2 Å². The maximum atomic E-state index is 13.4. The number of rotatable bonds is 16. The second-order valence-corrected chi connectivity index (χ2v) is 13.5. The Morgan fingerprint density at radius 1 is 0.825 bits per heavy atom. The standard InChI is InChI=1S/C30H56O10/c1-17(2)37-25(19(5)12-21-15-35-28(7,8)39-21)24(32)23(31)14-30(11,34)27(33)26(38-18(3)4)20(6)13-22-16-36-29(9,10)40-22/h17-22,24-27,32-34H,12-16H2,1-11H3/t19-,20-,21-,22-,24+,25+,26+,27-,30?/m0/s1. The fourth-order valence-electron chi connectivity index (χ4n) is 5.62. The summed E-state index contributed by atoms with van der Waals surface area (Å²) in [5, 5.41) is 33.9. The lowest BCUT2D eigenvalue weighted by molar-refractivity contribution is -0.179. The van der Waals surface area contributed by atoms with Gasteiger partial charge in [-0.15, -0.1) is 0 Å². The molecule has 0 saturated carbocycles. The third-order valence-corrected chi connectivity index (χ3v) is 7.51. The lowest BCUT2D eigenvalue weighted by Crippen LogP contribution is -2.54.